The number of aliphatic hydroxyl groups is 1. The normalized spacial score (nSPS) is 11.1. The Morgan fingerprint density at radius 3 is 2.46 bits per heavy atom. The molecule has 4 rings (SSSR count). The molecule has 0 radical (unpaired) electrons. The summed E-state index contributed by atoms with van der Waals surface area (Å²) in [5.41, 5.74) is -0.432. The van der Waals surface area contributed by atoms with Crippen molar-refractivity contribution in [3.8, 4) is 17.2 Å². The minimum Gasteiger partial charge on any atom is -0.507 e. The van der Waals surface area contributed by atoms with E-state index in [4.69, 9.17) is 13.6 Å². The second kappa shape index (κ2) is 6.05. The molecule has 2 aromatic heterocycles. The molecule has 2 aromatic carbocycles. The Kier molecular flexibility index (Phi) is 3.70. The third-order valence-corrected chi connectivity index (χ3v) is 3.89. The van der Waals surface area contributed by atoms with Crippen LogP contribution in [0.3, 0.4) is 0 Å². The molecular formula is C19H12O7. The van der Waals surface area contributed by atoms with Gasteiger partial charge < -0.3 is 23.8 Å². The Bertz CT molecular complexity index is 1250. The van der Waals surface area contributed by atoms with Crippen molar-refractivity contribution in [2.75, 3.05) is 0 Å². The van der Waals surface area contributed by atoms with E-state index in [9.17, 15) is 19.8 Å². The van der Waals surface area contributed by atoms with E-state index in [-0.39, 0.29) is 23.7 Å². The molecule has 0 aliphatic carbocycles. The van der Waals surface area contributed by atoms with Gasteiger partial charge in [0.05, 0.1) is 6.61 Å². The monoisotopic (exact) mass is 352 g/mol. The third kappa shape index (κ3) is 2.80. The molecule has 4 aromatic rings. The van der Waals surface area contributed by atoms with Gasteiger partial charge in [-0.15, -0.1) is 0 Å². The summed E-state index contributed by atoms with van der Waals surface area (Å²) in [5.74, 6) is 0.0470. The second-order valence-corrected chi connectivity index (χ2v) is 5.63. The van der Waals surface area contributed by atoms with E-state index in [1.54, 1.807) is 18.2 Å². The van der Waals surface area contributed by atoms with Gasteiger partial charge in [-0.3, -0.25) is 0 Å². The highest BCUT2D eigenvalue weighted by molar-refractivity contribution is 5.81. The fourth-order valence-corrected chi connectivity index (χ4v) is 2.61. The fraction of sp³-hybridized carbons (Fsp3) is 0.0526. The van der Waals surface area contributed by atoms with Crippen LogP contribution in [0.2, 0.25) is 0 Å². The van der Waals surface area contributed by atoms with E-state index < -0.39 is 11.3 Å². The van der Waals surface area contributed by atoms with E-state index in [1.165, 1.54) is 30.3 Å². The molecular weight excluding hydrogens is 340 g/mol. The minimum absolute atomic E-state index is 0.0790. The first-order valence-corrected chi connectivity index (χ1v) is 7.66. The molecule has 0 amide bonds. The summed E-state index contributed by atoms with van der Waals surface area (Å²) < 4.78 is 15.8. The molecule has 0 bridgehead atoms. The molecule has 0 unspecified atom stereocenters. The van der Waals surface area contributed by atoms with Crippen molar-refractivity contribution in [2.45, 2.75) is 6.61 Å². The summed E-state index contributed by atoms with van der Waals surface area (Å²) >= 11 is 0. The van der Waals surface area contributed by atoms with Gasteiger partial charge in [0.2, 0.25) is 5.75 Å². The number of hydrogen-bond acceptors (Lipinski definition) is 7. The molecule has 130 valence electrons. The van der Waals surface area contributed by atoms with Crippen LogP contribution in [0.25, 0.3) is 21.9 Å². The summed E-state index contributed by atoms with van der Waals surface area (Å²) in [6.45, 7) is -0.360. The molecule has 7 heteroatoms. The SMILES string of the molecule is O=c1ccc2ccc(Oc3cc4cc(CO)c(O)cc4oc3=O)cc2o1. The van der Waals surface area contributed by atoms with Crippen molar-refractivity contribution in [1.82, 2.24) is 0 Å². The van der Waals surface area contributed by atoms with Gasteiger partial charge in [0, 0.05) is 34.5 Å². The standard InChI is InChI=1S/C19H12O7/c20-9-12-5-11-6-17(19(23)26-16(11)8-14(12)21)24-13-3-1-10-2-4-18(22)25-15(10)7-13/h1-8,20-21H,9H2. The number of phenols is 1. The number of aliphatic hydroxyl groups excluding tert-OH is 1. The lowest BCUT2D eigenvalue weighted by atomic mass is 10.1. The van der Waals surface area contributed by atoms with Crippen LogP contribution < -0.4 is 16.0 Å². The van der Waals surface area contributed by atoms with Gasteiger partial charge in [-0.1, -0.05) is 0 Å². The Labute approximate surface area is 145 Å². The van der Waals surface area contributed by atoms with Gasteiger partial charge >= 0.3 is 11.3 Å². The summed E-state index contributed by atoms with van der Waals surface area (Å²) in [6.07, 6.45) is 0. The third-order valence-electron chi connectivity index (χ3n) is 3.89. The maximum Gasteiger partial charge on any atom is 0.379 e. The van der Waals surface area contributed by atoms with Crippen molar-refractivity contribution >= 4 is 21.9 Å². The molecule has 0 aliphatic heterocycles. The summed E-state index contributed by atoms with van der Waals surface area (Å²) in [7, 11) is 0. The Morgan fingerprint density at radius 2 is 1.65 bits per heavy atom. The first-order valence-electron chi connectivity index (χ1n) is 7.66. The molecule has 0 aliphatic rings. The molecule has 0 fully saturated rings. The molecule has 0 atom stereocenters. The van der Waals surface area contributed by atoms with E-state index in [0.717, 1.165) is 0 Å². The van der Waals surface area contributed by atoms with Crippen LogP contribution in [0, 0.1) is 0 Å². The van der Waals surface area contributed by atoms with Gasteiger partial charge in [0.15, 0.2) is 0 Å². The lowest BCUT2D eigenvalue weighted by Crippen LogP contribution is -2.03. The van der Waals surface area contributed by atoms with Gasteiger partial charge in [-0.2, -0.15) is 0 Å². The molecule has 0 saturated carbocycles. The molecule has 7 nitrogen and oxygen atoms in total. The molecule has 0 spiro atoms. The number of fused-ring (bicyclic) bond motifs is 2. The van der Waals surface area contributed by atoms with E-state index in [2.05, 4.69) is 0 Å². The van der Waals surface area contributed by atoms with Gasteiger partial charge in [0.25, 0.3) is 0 Å². The first kappa shape index (κ1) is 15.9. The van der Waals surface area contributed by atoms with Crippen molar-refractivity contribution in [1.29, 1.82) is 0 Å². The van der Waals surface area contributed by atoms with Crippen LogP contribution >= 0.6 is 0 Å². The Hall–Kier alpha value is -3.58. The minimum atomic E-state index is -0.733. The zero-order chi connectivity index (χ0) is 18.3. The highest BCUT2D eigenvalue weighted by atomic mass is 16.5. The number of rotatable bonds is 3. The lowest BCUT2D eigenvalue weighted by molar-refractivity contribution is 0.275. The van der Waals surface area contributed by atoms with Crippen LogP contribution in [-0.4, -0.2) is 10.2 Å². The smallest absolute Gasteiger partial charge is 0.379 e. The largest absolute Gasteiger partial charge is 0.507 e. The van der Waals surface area contributed by atoms with Crippen molar-refractivity contribution in [3.63, 3.8) is 0 Å². The number of benzene rings is 2. The fourth-order valence-electron chi connectivity index (χ4n) is 2.61. The van der Waals surface area contributed by atoms with Crippen molar-refractivity contribution in [2.24, 2.45) is 0 Å². The molecule has 2 N–H and O–H groups in total. The maximum absolute atomic E-state index is 12.1. The molecule has 26 heavy (non-hydrogen) atoms. The summed E-state index contributed by atoms with van der Waals surface area (Å²) in [5, 5.41) is 20.2. The molecule has 0 saturated heterocycles. The second-order valence-electron chi connectivity index (χ2n) is 5.63. The van der Waals surface area contributed by atoms with Gasteiger partial charge in [-0.05, 0) is 30.3 Å². The average Bonchev–Trinajstić information content (AvgIpc) is 2.62. The zero-order valence-corrected chi connectivity index (χ0v) is 13.3. The van der Waals surface area contributed by atoms with E-state index in [0.29, 0.717) is 27.7 Å². The van der Waals surface area contributed by atoms with Crippen molar-refractivity contribution in [3.05, 3.63) is 74.9 Å². The number of ether oxygens (including phenoxy) is 1. The zero-order valence-electron chi connectivity index (χ0n) is 13.3. The highest BCUT2D eigenvalue weighted by Gasteiger charge is 2.11. The maximum atomic E-state index is 12.1. The predicted molar refractivity (Wildman–Crippen MR) is 92.6 cm³/mol. The average molecular weight is 352 g/mol. The number of hydrogen-bond donors (Lipinski definition) is 2. The van der Waals surface area contributed by atoms with E-state index >= 15 is 0 Å². The topological polar surface area (TPSA) is 110 Å². The first-order chi connectivity index (χ1) is 12.5. The van der Waals surface area contributed by atoms with E-state index in [1.807, 2.05) is 0 Å². The van der Waals surface area contributed by atoms with Crippen molar-refractivity contribution < 1.29 is 23.8 Å². The summed E-state index contributed by atoms with van der Waals surface area (Å²) in [6, 6.07) is 12.0. The lowest BCUT2D eigenvalue weighted by Gasteiger charge is -2.07. The van der Waals surface area contributed by atoms with Crippen LogP contribution in [0.1, 0.15) is 5.56 Å². The van der Waals surface area contributed by atoms with Gasteiger partial charge in [-0.25, -0.2) is 9.59 Å². The van der Waals surface area contributed by atoms with Crippen LogP contribution in [0.15, 0.2) is 67.0 Å². The Morgan fingerprint density at radius 1 is 0.885 bits per heavy atom. The van der Waals surface area contributed by atoms with Gasteiger partial charge in [0.1, 0.15) is 22.7 Å². The van der Waals surface area contributed by atoms with Crippen LogP contribution in [0.5, 0.6) is 17.2 Å². The summed E-state index contributed by atoms with van der Waals surface area (Å²) in [4.78, 5) is 23.5. The highest BCUT2D eigenvalue weighted by Crippen LogP contribution is 2.28. The quantitative estimate of drug-likeness (QED) is 0.545. The number of aromatic hydroxyl groups is 1. The Balaban J connectivity index is 1.79. The molecule has 2 heterocycles. The predicted octanol–water partition coefficient (Wildman–Crippen LogP) is 2.89. The van der Waals surface area contributed by atoms with Crippen LogP contribution in [0.4, 0.5) is 0 Å². The van der Waals surface area contributed by atoms with Crippen LogP contribution in [-0.2, 0) is 6.61 Å².